The summed E-state index contributed by atoms with van der Waals surface area (Å²) in [6, 6.07) is 17.4. The van der Waals surface area contributed by atoms with E-state index in [9.17, 15) is 15.2 Å². The van der Waals surface area contributed by atoms with Gasteiger partial charge in [-0.05, 0) is 35.7 Å². The number of hydrogen-bond donors (Lipinski definition) is 1. The molecular formula is C21H12ClN3O2S. The van der Waals surface area contributed by atoms with Crippen molar-refractivity contribution in [3.8, 4) is 11.8 Å². The fourth-order valence-electron chi connectivity index (χ4n) is 2.90. The van der Waals surface area contributed by atoms with E-state index in [4.69, 9.17) is 11.6 Å². The smallest absolute Gasteiger partial charge is 0.276 e. The normalized spacial score (nSPS) is 11.5. The number of aromatic nitrogens is 2. The molecule has 0 aliphatic carbocycles. The van der Waals surface area contributed by atoms with Gasteiger partial charge in [-0.1, -0.05) is 35.9 Å². The Bertz CT molecular complexity index is 1330. The highest BCUT2D eigenvalue weighted by molar-refractivity contribution is 7.17. The van der Waals surface area contributed by atoms with Gasteiger partial charge in [-0.3, -0.25) is 9.36 Å². The van der Waals surface area contributed by atoms with Crippen molar-refractivity contribution < 1.29 is 5.11 Å². The van der Waals surface area contributed by atoms with Crippen LogP contribution in [0.4, 0.5) is 0 Å². The molecule has 0 fully saturated rings. The third kappa shape index (κ3) is 3.07. The van der Waals surface area contributed by atoms with Crippen molar-refractivity contribution in [2.24, 2.45) is 0 Å². The maximum Gasteiger partial charge on any atom is 0.276 e. The lowest BCUT2D eigenvalue weighted by Crippen LogP contribution is -2.21. The van der Waals surface area contributed by atoms with Crippen molar-refractivity contribution in [2.45, 2.75) is 0 Å². The van der Waals surface area contributed by atoms with Gasteiger partial charge in [-0.15, -0.1) is 11.3 Å². The maximum absolute atomic E-state index is 13.1. The first-order chi connectivity index (χ1) is 13.6. The molecule has 0 amide bonds. The number of hydrogen-bond acceptors (Lipinski definition) is 5. The molecule has 0 atom stereocenters. The summed E-state index contributed by atoms with van der Waals surface area (Å²) in [5.41, 5.74) is 1.39. The number of thiophene rings is 1. The van der Waals surface area contributed by atoms with Crippen LogP contribution in [0.1, 0.15) is 17.0 Å². The van der Waals surface area contributed by atoms with E-state index >= 15 is 0 Å². The number of fused-ring (bicyclic) bond motifs is 1. The molecule has 0 spiro atoms. The van der Waals surface area contributed by atoms with E-state index in [1.54, 1.807) is 60.0 Å². The summed E-state index contributed by atoms with van der Waals surface area (Å²) in [4.78, 5) is 17.6. The number of rotatable bonds is 3. The largest absolute Gasteiger partial charge is 0.507 e. The fraction of sp³-hybridized carbons (Fsp3) is 0. The molecular weight excluding hydrogens is 394 g/mol. The Morgan fingerprint density at radius 1 is 1.18 bits per heavy atom. The molecule has 0 aliphatic rings. The lowest BCUT2D eigenvalue weighted by Gasteiger charge is -2.12. The number of halogens is 1. The molecule has 4 aromatic rings. The summed E-state index contributed by atoms with van der Waals surface area (Å²) in [7, 11) is 0. The predicted octanol–water partition coefficient (Wildman–Crippen LogP) is 5.03. The van der Waals surface area contributed by atoms with Gasteiger partial charge in [-0.2, -0.15) is 5.26 Å². The van der Waals surface area contributed by atoms with Gasteiger partial charge in [0.25, 0.3) is 5.56 Å². The average Bonchev–Trinajstić information content (AvgIpc) is 3.18. The lowest BCUT2D eigenvalue weighted by molar-refractivity contribution is 0.515. The van der Waals surface area contributed by atoms with Crippen LogP contribution in [0, 0.1) is 11.3 Å². The Balaban J connectivity index is 2.02. The second-order valence-corrected chi connectivity index (χ2v) is 7.21. The Morgan fingerprint density at radius 2 is 1.93 bits per heavy atom. The molecule has 136 valence electrons. The molecule has 2 aromatic carbocycles. The van der Waals surface area contributed by atoms with Crippen molar-refractivity contribution in [1.82, 2.24) is 9.55 Å². The quantitative estimate of drug-likeness (QED) is 0.485. The fourth-order valence-corrected chi connectivity index (χ4v) is 3.88. The zero-order chi connectivity index (χ0) is 19.7. The molecule has 4 rings (SSSR count). The van der Waals surface area contributed by atoms with Crippen LogP contribution >= 0.6 is 22.9 Å². The lowest BCUT2D eigenvalue weighted by atomic mass is 10.1. The minimum absolute atomic E-state index is 0.167. The predicted molar refractivity (Wildman–Crippen MR) is 112 cm³/mol. The first-order valence-electron chi connectivity index (χ1n) is 8.25. The standard InChI is InChI=1S/C21H12ClN3O2S/c22-15-7-3-4-8-17(15)25-19(24-16-9-10-28-20(16)21(25)27)11-18(26)14-6-2-1-5-13(14)12-23/h1-11,26H. The average molecular weight is 406 g/mol. The molecule has 0 saturated heterocycles. The number of aliphatic hydroxyl groups excluding tert-OH is 1. The third-order valence-electron chi connectivity index (χ3n) is 4.19. The van der Waals surface area contributed by atoms with Gasteiger partial charge < -0.3 is 5.11 Å². The minimum atomic E-state index is -0.277. The van der Waals surface area contributed by atoms with Crippen molar-refractivity contribution in [2.75, 3.05) is 0 Å². The molecule has 5 nitrogen and oxygen atoms in total. The highest BCUT2D eigenvalue weighted by atomic mass is 35.5. The zero-order valence-electron chi connectivity index (χ0n) is 14.3. The molecule has 2 heterocycles. The van der Waals surface area contributed by atoms with Crippen LogP contribution in [0.5, 0.6) is 0 Å². The number of para-hydroxylation sites is 1. The highest BCUT2D eigenvalue weighted by Gasteiger charge is 2.16. The third-order valence-corrected chi connectivity index (χ3v) is 5.40. The van der Waals surface area contributed by atoms with E-state index in [1.165, 1.54) is 22.0 Å². The van der Waals surface area contributed by atoms with E-state index in [1.807, 2.05) is 6.07 Å². The van der Waals surface area contributed by atoms with E-state index in [0.29, 0.717) is 32.1 Å². The first-order valence-corrected chi connectivity index (χ1v) is 9.51. The van der Waals surface area contributed by atoms with Crippen LogP contribution in [0.25, 0.3) is 27.7 Å². The summed E-state index contributed by atoms with van der Waals surface area (Å²) in [5.74, 6) is 0.0497. The van der Waals surface area contributed by atoms with Gasteiger partial charge in [-0.25, -0.2) is 4.98 Å². The van der Waals surface area contributed by atoms with Crippen LogP contribution in [0.2, 0.25) is 5.02 Å². The zero-order valence-corrected chi connectivity index (χ0v) is 15.9. The molecule has 7 heteroatoms. The molecule has 1 N–H and O–H groups in total. The SMILES string of the molecule is N#Cc1ccccc1C(O)=Cc1nc2ccsc2c(=O)n1-c1ccccc1Cl. The maximum atomic E-state index is 13.1. The van der Waals surface area contributed by atoms with Gasteiger partial charge in [0.15, 0.2) is 0 Å². The molecule has 0 radical (unpaired) electrons. The Kier molecular flexibility index (Phi) is 4.70. The molecule has 0 bridgehead atoms. The Labute approximate surface area is 169 Å². The van der Waals surface area contributed by atoms with Crippen LogP contribution in [-0.2, 0) is 0 Å². The molecule has 0 unspecified atom stereocenters. The molecule has 28 heavy (non-hydrogen) atoms. The minimum Gasteiger partial charge on any atom is -0.507 e. The van der Waals surface area contributed by atoms with Crippen molar-refractivity contribution >= 4 is 45.0 Å². The highest BCUT2D eigenvalue weighted by Crippen LogP contribution is 2.25. The molecule has 0 aliphatic heterocycles. The van der Waals surface area contributed by atoms with Crippen LogP contribution < -0.4 is 5.56 Å². The van der Waals surface area contributed by atoms with Crippen molar-refractivity contribution in [3.05, 3.63) is 92.3 Å². The second kappa shape index (κ2) is 7.31. The summed E-state index contributed by atoms with van der Waals surface area (Å²) in [6.45, 7) is 0. The number of nitriles is 1. The second-order valence-electron chi connectivity index (χ2n) is 5.88. The Morgan fingerprint density at radius 3 is 2.71 bits per heavy atom. The van der Waals surface area contributed by atoms with E-state index < -0.39 is 0 Å². The van der Waals surface area contributed by atoms with Crippen LogP contribution in [-0.4, -0.2) is 14.7 Å². The van der Waals surface area contributed by atoms with E-state index in [-0.39, 0.29) is 17.1 Å². The van der Waals surface area contributed by atoms with E-state index in [2.05, 4.69) is 4.98 Å². The summed E-state index contributed by atoms with van der Waals surface area (Å²) < 4.78 is 1.86. The van der Waals surface area contributed by atoms with Gasteiger partial charge in [0.05, 0.1) is 27.9 Å². The monoisotopic (exact) mass is 405 g/mol. The van der Waals surface area contributed by atoms with Gasteiger partial charge in [0, 0.05) is 11.6 Å². The van der Waals surface area contributed by atoms with E-state index in [0.717, 1.165) is 0 Å². The van der Waals surface area contributed by atoms with Crippen molar-refractivity contribution in [3.63, 3.8) is 0 Å². The molecule has 0 saturated carbocycles. The summed E-state index contributed by atoms with van der Waals surface area (Å²) in [6.07, 6.45) is 1.37. The first kappa shape index (κ1) is 18.0. The molecule has 2 aromatic heterocycles. The number of benzene rings is 2. The van der Waals surface area contributed by atoms with Crippen molar-refractivity contribution in [1.29, 1.82) is 5.26 Å². The van der Waals surface area contributed by atoms with Crippen LogP contribution in [0.3, 0.4) is 0 Å². The van der Waals surface area contributed by atoms with Crippen LogP contribution in [0.15, 0.2) is 64.8 Å². The topological polar surface area (TPSA) is 78.9 Å². The van der Waals surface area contributed by atoms with Gasteiger partial charge in [0.1, 0.15) is 16.3 Å². The summed E-state index contributed by atoms with van der Waals surface area (Å²) in [5, 5.41) is 22.1. The number of aliphatic hydroxyl groups is 1. The van der Waals surface area contributed by atoms with Gasteiger partial charge in [0.2, 0.25) is 0 Å². The Hall–Kier alpha value is -3.40. The van der Waals surface area contributed by atoms with Gasteiger partial charge >= 0.3 is 0 Å². The number of nitrogens with zero attached hydrogens (tertiary/aromatic N) is 3. The summed E-state index contributed by atoms with van der Waals surface area (Å²) >= 11 is 7.61.